The van der Waals surface area contributed by atoms with E-state index in [4.69, 9.17) is 4.74 Å². The van der Waals surface area contributed by atoms with Gasteiger partial charge in [-0.05, 0) is 54.8 Å². The van der Waals surface area contributed by atoms with E-state index in [1.165, 1.54) is 0 Å². The first-order chi connectivity index (χ1) is 11.5. The molecule has 126 valence electrons. The van der Waals surface area contributed by atoms with Crippen LogP contribution in [0.2, 0.25) is 0 Å². The van der Waals surface area contributed by atoms with Gasteiger partial charge in [-0.15, -0.1) is 0 Å². The van der Waals surface area contributed by atoms with Gasteiger partial charge in [0.25, 0.3) is 0 Å². The summed E-state index contributed by atoms with van der Waals surface area (Å²) in [5, 5.41) is 0. The van der Waals surface area contributed by atoms with E-state index in [-0.39, 0.29) is 4.90 Å². The van der Waals surface area contributed by atoms with Crippen LogP contribution in [-0.2, 0) is 16.4 Å². The largest absolute Gasteiger partial charge is 0.496 e. The highest BCUT2D eigenvalue weighted by Gasteiger charge is 2.15. The molecule has 0 bridgehead atoms. The highest BCUT2D eigenvalue weighted by molar-refractivity contribution is 7.89. The topological polar surface area (TPSA) is 84.1 Å². The second kappa shape index (κ2) is 6.62. The summed E-state index contributed by atoms with van der Waals surface area (Å²) in [4.78, 5) is 7.45. The number of rotatable bonds is 6. The number of H-pyrrole nitrogens is 1. The lowest BCUT2D eigenvalue weighted by Gasteiger charge is -2.10. The number of nitrogens with zero attached hydrogens (tertiary/aromatic N) is 1. The SMILES string of the molecule is COc1ccc(S(=O)(=O)NCCc2ccc3nc[nH]c3c2)cc1C. The fourth-order valence-corrected chi connectivity index (χ4v) is 3.69. The molecular weight excluding hydrogens is 326 g/mol. The number of hydrogen-bond donors (Lipinski definition) is 2. The molecule has 0 saturated heterocycles. The molecule has 7 heteroatoms. The summed E-state index contributed by atoms with van der Waals surface area (Å²) in [5.41, 5.74) is 3.67. The zero-order chi connectivity index (χ0) is 17.2. The normalized spacial score (nSPS) is 11.8. The van der Waals surface area contributed by atoms with Crippen LogP contribution >= 0.6 is 0 Å². The van der Waals surface area contributed by atoms with Crippen molar-refractivity contribution in [2.75, 3.05) is 13.7 Å². The van der Waals surface area contributed by atoms with Crippen molar-refractivity contribution in [1.82, 2.24) is 14.7 Å². The van der Waals surface area contributed by atoms with E-state index in [0.717, 1.165) is 22.2 Å². The molecule has 2 aromatic carbocycles. The number of benzene rings is 2. The highest BCUT2D eigenvalue weighted by Crippen LogP contribution is 2.21. The molecule has 3 aromatic rings. The fourth-order valence-electron chi connectivity index (χ4n) is 2.57. The van der Waals surface area contributed by atoms with Crippen molar-refractivity contribution in [3.05, 3.63) is 53.9 Å². The predicted molar refractivity (Wildman–Crippen MR) is 92.7 cm³/mol. The first-order valence-electron chi connectivity index (χ1n) is 7.56. The van der Waals surface area contributed by atoms with Crippen LogP contribution in [0.5, 0.6) is 5.75 Å². The first-order valence-corrected chi connectivity index (χ1v) is 9.04. The number of sulfonamides is 1. The lowest BCUT2D eigenvalue weighted by Crippen LogP contribution is -2.26. The maximum Gasteiger partial charge on any atom is 0.240 e. The van der Waals surface area contributed by atoms with Gasteiger partial charge in [0.1, 0.15) is 5.75 Å². The van der Waals surface area contributed by atoms with Gasteiger partial charge >= 0.3 is 0 Å². The summed E-state index contributed by atoms with van der Waals surface area (Å²) in [6.07, 6.45) is 2.24. The standard InChI is InChI=1S/C17H19N3O3S/c1-12-9-14(4-6-17(12)23-2)24(21,22)20-8-7-13-3-5-15-16(10-13)19-11-18-15/h3-6,9-11,20H,7-8H2,1-2H3,(H,18,19). The Balaban J connectivity index is 1.67. The Bertz CT molecular complexity index is 964. The molecule has 0 unspecified atom stereocenters. The molecule has 6 nitrogen and oxygen atoms in total. The van der Waals surface area contributed by atoms with Crippen molar-refractivity contribution in [3.8, 4) is 5.75 Å². The quantitative estimate of drug-likeness (QED) is 0.718. The third-order valence-electron chi connectivity index (χ3n) is 3.87. The summed E-state index contributed by atoms with van der Waals surface area (Å²) in [7, 11) is -1.97. The smallest absolute Gasteiger partial charge is 0.240 e. The molecule has 0 spiro atoms. The molecule has 0 amide bonds. The van der Waals surface area contributed by atoms with Gasteiger partial charge in [-0.1, -0.05) is 6.07 Å². The Morgan fingerprint density at radius 1 is 1.21 bits per heavy atom. The second-order valence-corrected chi connectivity index (χ2v) is 7.30. The minimum Gasteiger partial charge on any atom is -0.496 e. The molecule has 1 aromatic heterocycles. The number of aromatic amines is 1. The Morgan fingerprint density at radius 3 is 2.79 bits per heavy atom. The fraction of sp³-hybridized carbons (Fsp3) is 0.235. The molecule has 0 atom stereocenters. The molecule has 0 fully saturated rings. The minimum atomic E-state index is -3.54. The van der Waals surface area contributed by atoms with Crippen molar-refractivity contribution in [2.45, 2.75) is 18.2 Å². The van der Waals surface area contributed by atoms with Crippen LogP contribution in [0.1, 0.15) is 11.1 Å². The van der Waals surface area contributed by atoms with Crippen molar-refractivity contribution in [3.63, 3.8) is 0 Å². The Labute approximate surface area is 140 Å². The molecule has 0 aliphatic rings. The van der Waals surface area contributed by atoms with Gasteiger partial charge in [0.05, 0.1) is 29.4 Å². The van der Waals surface area contributed by atoms with Crippen LogP contribution in [0.4, 0.5) is 0 Å². The van der Waals surface area contributed by atoms with Crippen molar-refractivity contribution < 1.29 is 13.2 Å². The molecule has 1 heterocycles. The van der Waals surface area contributed by atoms with E-state index in [1.54, 1.807) is 31.6 Å². The molecule has 0 aliphatic carbocycles. The van der Waals surface area contributed by atoms with E-state index in [1.807, 2.05) is 25.1 Å². The number of fused-ring (bicyclic) bond motifs is 1. The Morgan fingerprint density at radius 2 is 2.04 bits per heavy atom. The number of imidazole rings is 1. The number of nitrogens with one attached hydrogen (secondary N) is 2. The molecule has 3 rings (SSSR count). The molecule has 24 heavy (non-hydrogen) atoms. The van der Waals surface area contributed by atoms with Gasteiger partial charge in [-0.2, -0.15) is 0 Å². The van der Waals surface area contributed by atoms with Gasteiger partial charge in [0.2, 0.25) is 10.0 Å². The van der Waals surface area contributed by atoms with Crippen LogP contribution in [-0.4, -0.2) is 32.0 Å². The highest BCUT2D eigenvalue weighted by atomic mass is 32.2. The summed E-state index contributed by atoms with van der Waals surface area (Å²) >= 11 is 0. The van der Waals surface area contributed by atoms with Crippen LogP contribution in [0, 0.1) is 6.92 Å². The number of aryl methyl sites for hydroxylation is 1. The van der Waals surface area contributed by atoms with Crippen molar-refractivity contribution >= 4 is 21.1 Å². The van der Waals surface area contributed by atoms with Gasteiger partial charge in [0, 0.05) is 6.54 Å². The molecular formula is C17H19N3O3S. The number of aromatic nitrogens is 2. The number of methoxy groups -OCH3 is 1. The molecule has 0 radical (unpaired) electrons. The van der Waals surface area contributed by atoms with Crippen molar-refractivity contribution in [2.24, 2.45) is 0 Å². The van der Waals surface area contributed by atoms with Gasteiger partial charge in [-0.25, -0.2) is 18.1 Å². The number of ether oxygens (including phenoxy) is 1. The van der Waals surface area contributed by atoms with Crippen molar-refractivity contribution in [1.29, 1.82) is 0 Å². The van der Waals surface area contributed by atoms with E-state index in [2.05, 4.69) is 14.7 Å². The van der Waals surface area contributed by atoms with E-state index in [9.17, 15) is 8.42 Å². The van der Waals surface area contributed by atoms with Gasteiger partial charge in [-0.3, -0.25) is 0 Å². The van der Waals surface area contributed by atoms with Gasteiger partial charge in [0.15, 0.2) is 0 Å². The van der Waals surface area contributed by atoms with E-state index in [0.29, 0.717) is 18.7 Å². The van der Waals surface area contributed by atoms with E-state index < -0.39 is 10.0 Å². The van der Waals surface area contributed by atoms with E-state index >= 15 is 0 Å². The predicted octanol–water partition coefficient (Wildman–Crippen LogP) is 2.40. The average molecular weight is 345 g/mol. The molecule has 2 N–H and O–H groups in total. The summed E-state index contributed by atoms with van der Waals surface area (Å²) in [5.74, 6) is 0.668. The monoisotopic (exact) mass is 345 g/mol. The Hall–Kier alpha value is -2.38. The zero-order valence-electron chi connectivity index (χ0n) is 13.5. The maximum atomic E-state index is 12.4. The third-order valence-corrected chi connectivity index (χ3v) is 5.33. The first kappa shape index (κ1) is 16.5. The lowest BCUT2D eigenvalue weighted by molar-refractivity contribution is 0.411. The zero-order valence-corrected chi connectivity index (χ0v) is 14.4. The Kier molecular flexibility index (Phi) is 4.55. The average Bonchev–Trinajstić information content (AvgIpc) is 3.02. The van der Waals surface area contributed by atoms with Crippen LogP contribution in [0.3, 0.4) is 0 Å². The van der Waals surface area contributed by atoms with Crippen LogP contribution < -0.4 is 9.46 Å². The summed E-state index contributed by atoms with van der Waals surface area (Å²) in [6, 6.07) is 10.7. The summed E-state index contributed by atoms with van der Waals surface area (Å²) in [6.45, 7) is 2.14. The van der Waals surface area contributed by atoms with Gasteiger partial charge < -0.3 is 9.72 Å². The molecule has 0 aliphatic heterocycles. The summed E-state index contributed by atoms with van der Waals surface area (Å²) < 4.78 is 32.5. The van der Waals surface area contributed by atoms with Crippen LogP contribution in [0.25, 0.3) is 11.0 Å². The van der Waals surface area contributed by atoms with Crippen LogP contribution in [0.15, 0.2) is 47.6 Å². The number of hydrogen-bond acceptors (Lipinski definition) is 4. The minimum absolute atomic E-state index is 0.241. The maximum absolute atomic E-state index is 12.4. The molecule has 0 saturated carbocycles. The lowest BCUT2D eigenvalue weighted by atomic mass is 10.1. The second-order valence-electron chi connectivity index (χ2n) is 5.53. The third kappa shape index (κ3) is 3.42.